The quantitative estimate of drug-likeness (QED) is 0.744. The van der Waals surface area contributed by atoms with Gasteiger partial charge in [-0.25, -0.2) is 0 Å². The van der Waals surface area contributed by atoms with Crippen molar-refractivity contribution < 1.29 is 4.79 Å². The summed E-state index contributed by atoms with van der Waals surface area (Å²) in [5.41, 5.74) is 2.16. The Hall–Kier alpha value is -1.12. The normalized spacial score (nSPS) is 11.0. The number of hydrogen-bond donors (Lipinski definition) is 0. The lowest BCUT2D eigenvalue weighted by atomic mass is 10.0. The van der Waals surface area contributed by atoms with Crippen molar-refractivity contribution in [1.29, 1.82) is 0 Å². The van der Waals surface area contributed by atoms with Crippen LogP contribution in [0.1, 0.15) is 38.1 Å². The first-order chi connectivity index (χ1) is 6.99. The Morgan fingerprint density at radius 2 is 2.20 bits per heavy atom. The number of aromatic nitrogens is 2. The van der Waals surface area contributed by atoms with Crippen LogP contribution in [0.5, 0.6) is 0 Å². The second-order valence-electron chi connectivity index (χ2n) is 4.54. The highest BCUT2D eigenvalue weighted by molar-refractivity contribution is 5.78. The minimum atomic E-state index is 0.351. The molecule has 0 bridgehead atoms. The zero-order valence-electron chi connectivity index (χ0n) is 10.1. The highest BCUT2D eigenvalue weighted by Crippen LogP contribution is 2.08. The monoisotopic (exact) mass is 208 g/mol. The molecule has 0 spiro atoms. The van der Waals surface area contributed by atoms with Crippen LogP contribution in [0.25, 0.3) is 0 Å². The molecule has 0 unspecified atom stereocenters. The molecule has 15 heavy (non-hydrogen) atoms. The Labute approximate surface area is 91.5 Å². The molecule has 0 atom stereocenters. The lowest BCUT2D eigenvalue weighted by molar-refractivity contribution is -0.119. The maximum Gasteiger partial charge on any atom is 0.133 e. The fourth-order valence-corrected chi connectivity index (χ4v) is 1.72. The Bertz CT molecular complexity index is 339. The first-order valence-electron chi connectivity index (χ1n) is 5.50. The lowest BCUT2D eigenvalue weighted by Gasteiger charge is -2.04. The Kier molecular flexibility index (Phi) is 4.06. The second-order valence-corrected chi connectivity index (χ2v) is 4.54. The molecule has 0 N–H and O–H groups in total. The minimum absolute atomic E-state index is 0.351. The van der Waals surface area contributed by atoms with Gasteiger partial charge in [-0.2, -0.15) is 5.10 Å². The zero-order chi connectivity index (χ0) is 11.4. The van der Waals surface area contributed by atoms with Crippen molar-refractivity contribution in [1.82, 2.24) is 9.78 Å². The summed E-state index contributed by atoms with van der Waals surface area (Å²) >= 11 is 0. The summed E-state index contributed by atoms with van der Waals surface area (Å²) in [5, 5.41) is 4.26. The molecule has 0 aliphatic heterocycles. The van der Waals surface area contributed by atoms with Crippen LogP contribution in [0.4, 0.5) is 0 Å². The number of rotatable bonds is 5. The number of hydrogen-bond acceptors (Lipinski definition) is 2. The molecule has 0 saturated heterocycles. The molecular weight excluding hydrogens is 188 g/mol. The van der Waals surface area contributed by atoms with Crippen molar-refractivity contribution in [3.05, 3.63) is 17.5 Å². The van der Waals surface area contributed by atoms with E-state index in [1.807, 2.05) is 24.7 Å². The number of carbonyl (C=O) groups is 1. The van der Waals surface area contributed by atoms with Gasteiger partial charge in [0, 0.05) is 25.6 Å². The topological polar surface area (TPSA) is 34.9 Å². The van der Waals surface area contributed by atoms with E-state index in [4.69, 9.17) is 0 Å². The first kappa shape index (κ1) is 12.0. The van der Waals surface area contributed by atoms with Gasteiger partial charge in [0.2, 0.25) is 0 Å². The largest absolute Gasteiger partial charge is 0.300 e. The maximum absolute atomic E-state index is 11.5. The van der Waals surface area contributed by atoms with E-state index in [0.717, 1.165) is 17.8 Å². The summed E-state index contributed by atoms with van der Waals surface area (Å²) in [6.07, 6.45) is 2.14. The van der Waals surface area contributed by atoms with Crippen LogP contribution in [0, 0.1) is 12.8 Å². The van der Waals surface area contributed by atoms with Crippen LogP contribution in [0.3, 0.4) is 0 Å². The van der Waals surface area contributed by atoms with E-state index in [-0.39, 0.29) is 0 Å². The second kappa shape index (κ2) is 5.10. The van der Waals surface area contributed by atoms with Crippen LogP contribution in [-0.2, 0) is 18.3 Å². The molecule has 3 heteroatoms. The van der Waals surface area contributed by atoms with E-state index in [1.54, 1.807) is 0 Å². The van der Waals surface area contributed by atoms with Gasteiger partial charge in [-0.05, 0) is 25.3 Å². The molecule has 0 saturated carbocycles. The van der Waals surface area contributed by atoms with Crippen LogP contribution >= 0.6 is 0 Å². The Balaban J connectivity index is 2.43. The van der Waals surface area contributed by atoms with Gasteiger partial charge >= 0.3 is 0 Å². The zero-order valence-corrected chi connectivity index (χ0v) is 10.1. The van der Waals surface area contributed by atoms with Crippen molar-refractivity contribution >= 4 is 5.78 Å². The van der Waals surface area contributed by atoms with Gasteiger partial charge in [0.1, 0.15) is 5.78 Å². The van der Waals surface area contributed by atoms with Gasteiger partial charge in [0.15, 0.2) is 0 Å². The molecule has 1 heterocycles. The molecule has 1 aromatic rings. The molecule has 1 aromatic heterocycles. The van der Waals surface area contributed by atoms with E-state index in [0.29, 0.717) is 24.5 Å². The minimum Gasteiger partial charge on any atom is -0.300 e. The number of carbonyl (C=O) groups excluding carboxylic acids is 1. The van der Waals surface area contributed by atoms with Crippen molar-refractivity contribution in [3.63, 3.8) is 0 Å². The van der Waals surface area contributed by atoms with Gasteiger partial charge in [-0.1, -0.05) is 13.8 Å². The lowest BCUT2D eigenvalue weighted by Crippen LogP contribution is -2.06. The molecule has 0 aromatic carbocycles. The fourth-order valence-electron chi connectivity index (χ4n) is 1.72. The third-order valence-corrected chi connectivity index (χ3v) is 2.39. The van der Waals surface area contributed by atoms with Gasteiger partial charge < -0.3 is 0 Å². The van der Waals surface area contributed by atoms with Gasteiger partial charge in [-0.3, -0.25) is 9.48 Å². The third-order valence-electron chi connectivity index (χ3n) is 2.39. The van der Waals surface area contributed by atoms with E-state index in [2.05, 4.69) is 18.9 Å². The van der Waals surface area contributed by atoms with Gasteiger partial charge in [0.25, 0.3) is 0 Å². The average molecular weight is 208 g/mol. The standard InChI is InChI=1S/C12H20N2O/c1-9(2)7-12(15)6-5-11-8-10(3)13-14(11)4/h8-9H,5-7H2,1-4H3. The molecule has 1 rings (SSSR count). The SMILES string of the molecule is Cc1cc(CCC(=O)CC(C)C)n(C)n1. The van der Waals surface area contributed by atoms with E-state index < -0.39 is 0 Å². The molecule has 0 radical (unpaired) electrons. The molecule has 0 fully saturated rings. The van der Waals surface area contributed by atoms with Crippen molar-refractivity contribution in [2.75, 3.05) is 0 Å². The summed E-state index contributed by atoms with van der Waals surface area (Å²) in [6.45, 7) is 6.12. The molecule has 3 nitrogen and oxygen atoms in total. The third kappa shape index (κ3) is 3.86. The number of Topliss-reactive ketones (excluding diaryl/α,β-unsaturated/α-hetero) is 1. The predicted molar refractivity (Wildman–Crippen MR) is 60.7 cm³/mol. The first-order valence-corrected chi connectivity index (χ1v) is 5.50. The smallest absolute Gasteiger partial charge is 0.133 e. The Morgan fingerprint density at radius 3 is 2.67 bits per heavy atom. The summed E-state index contributed by atoms with van der Waals surface area (Å²) in [6, 6.07) is 2.04. The van der Waals surface area contributed by atoms with Gasteiger partial charge in [-0.15, -0.1) is 0 Å². The number of nitrogens with zero attached hydrogens (tertiary/aromatic N) is 2. The highest BCUT2D eigenvalue weighted by atomic mass is 16.1. The van der Waals surface area contributed by atoms with E-state index >= 15 is 0 Å². The van der Waals surface area contributed by atoms with Crippen LogP contribution < -0.4 is 0 Å². The number of ketones is 1. The predicted octanol–water partition coefficient (Wildman–Crippen LogP) is 2.28. The average Bonchev–Trinajstić information content (AvgIpc) is 2.40. The van der Waals surface area contributed by atoms with E-state index in [1.165, 1.54) is 0 Å². The Morgan fingerprint density at radius 1 is 1.53 bits per heavy atom. The summed E-state index contributed by atoms with van der Waals surface area (Å²) in [5.74, 6) is 0.814. The van der Waals surface area contributed by atoms with Crippen molar-refractivity contribution in [3.8, 4) is 0 Å². The van der Waals surface area contributed by atoms with E-state index in [9.17, 15) is 4.79 Å². The molecule has 0 aliphatic rings. The van der Waals surface area contributed by atoms with Crippen LogP contribution in [-0.4, -0.2) is 15.6 Å². The van der Waals surface area contributed by atoms with Crippen molar-refractivity contribution in [2.45, 2.75) is 40.0 Å². The summed E-state index contributed by atoms with van der Waals surface area (Å²) in [4.78, 5) is 11.5. The van der Waals surface area contributed by atoms with Crippen molar-refractivity contribution in [2.24, 2.45) is 13.0 Å². The summed E-state index contributed by atoms with van der Waals surface area (Å²) < 4.78 is 1.86. The molecular formula is C12H20N2O. The highest BCUT2D eigenvalue weighted by Gasteiger charge is 2.07. The van der Waals surface area contributed by atoms with Crippen LogP contribution in [0.15, 0.2) is 6.07 Å². The molecule has 84 valence electrons. The van der Waals surface area contributed by atoms with Gasteiger partial charge in [0.05, 0.1) is 5.69 Å². The molecule has 0 aliphatic carbocycles. The fraction of sp³-hybridized carbons (Fsp3) is 0.667. The van der Waals surface area contributed by atoms with Crippen LogP contribution in [0.2, 0.25) is 0 Å². The summed E-state index contributed by atoms with van der Waals surface area (Å²) in [7, 11) is 1.93. The maximum atomic E-state index is 11.5. The number of aryl methyl sites for hydroxylation is 3. The molecule has 0 amide bonds.